The van der Waals surface area contributed by atoms with Crippen molar-refractivity contribution >= 4 is 11.6 Å². The van der Waals surface area contributed by atoms with Crippen molar-refractivity contribution in [2.45, 2.75) is 18.5 Å². The molecule has 120 valence electrons. The lowest BCUT2D eigenvalue weighted by Gasteiger charge is -2.32. The Morgan fingerprint density at radius 3 is 2.00 bits per heavy atom. The summed E-state index contributed by atoms with van der Waals surface area (Å²) in [5.41, 5.74) is 14.0. The van der Waals surface area contributed by atoms with E-state index in [-0.39, 0.29) is 6.04 Å². The number of alkyl halides is 1. The Morgan fingerprint density at radius 1 is 1.05 bits per heavy atom. The van der Waals surface area contributed by atoms with E-state index in [1.165, 1.54) is 0 Å². The number of rotatable bonds is 4. The summed E-state index contributed by atoms with van der Waals surface area (Å²) in [5, 5.41) is 0.684. The molecule has 5 heteroatoms. The lowest BCUT2D eigenvalue weighted by Crippen LogP contribution is -2.44. The Hall–Kier alpha value is -1.62. The third-order valence-electron chi connectivity index (χ3n) is 3.59. The highest BCUT2D eigenvalue weighted by Gasteiger charge is 2.30. The van der Waals surface area contributed by atoms with Crippen molar-refractivity contribution in [2.24, 2.45) is 11.5 Å². The molecule has 0 saturated heterocycles. The van der Waals surface area contributed by atoms with Crippen molar-refractivity contribution in [1.82, 2.24) is 0 Å². The minimum Gasteiger partial charge on any atom is -0.497 e. The first-order valence-electron chi connectivity index (χ1n) is 6.77. The Kier molecular flexibility index (Phi) is 6.81. The lowest BCUT2D eigenvalue weighted by molar-refractivity contribution is 0.393. The summed E-state index contributed by atoms with van der Waals surface area (Å²) in [4.78, 5) is 0. The number of hydrogen-bond acceptors (Lipinski definition) is 3. The van der Waals surface area contributed by atoms with Crippen LogP contribution in [0.25, 0.3) is 0 Å². The highest BCUT2D eigenvalue weighted by atomic mass is 35.5. The fourth-order valence-corrected chi connectivity index (χ4v) is 2.27. The van der Waals surface area contributed by atoms with Gasteiger partial charge in [-0.15, -0.1) is 0 Å². The summed E-state index contributed by atoms with van der Waals surface area (Å²) in [7, 11) is 2.14. The number of hydrogen-bond donors (Lipinski definition) is 2. The van der Waals surface area contributed by atoms with Gasteiger partial charge in [0.25, 0.3) is 0 Å². The minimum absolute atomic E-state index is 0.326. The summed E-state index contributed by atoms with van der Waals surface area (Å²) >= 11 is 5.90. The predicted molar refractivity (Wildman–Crippen MR) is 89.9 cm³/mol. The average molecular weight is 325 g/mol. The number of nitrogens with two attached hydrogens (primary N) is 2. The Morgan fingerprint density at radius 2 is 1.55 bits per heavy atom. The SMILES string of the molecule is CF.COc1ccc(C(C)(N)C(N)c2ccc(Cl)cc2)cc1. The molecule has 0 amide bonds. The molecule has 22 heavy (non-hydrogen) atoms. The zero-order valence-electron chi connectivity index (χ0n) is 13.0. The van der Waals surface area contributed by atoms with Gasteiger partial charge in [0.1, 0.15) is 5.75 Å². The van der Waals surface area contributed by atoms with Gasteiger partial charge in [-0.3, -0.25) is 4.39 Å². The van der Waals surface area contributed by atoms with E-state index < -0.39 is 5.54 Å². The standard InChI is InChI=1S/C16H19ClN2O.CH3F/c1-16(19,12-5-9-14(20-2)10-6-12)15(18)11-3-7-13(17)8-4-11;1-2/h3-10,15H,18-19H2,1-2H3;1H3. The average Bonchev–Trinajstić information content (AvgIpc) is 2.56. The number of ether oxygens (including phenoxy) is 1. The van der Waals surface area contributed by atoms with E-state index in [2.05, 4.69) is 0 Å². The van der Waals surface area contributed by atoms with E-state index in [4.69, 9.17) is 27.8 Å². The number of methoxy groups -OCH3 is 1. The van der Waals surface area contributed by atoms with Crippen LogP contribution in [0.5, 0.6) is 5.75 Å². The molecule has 0 aliphatic heterocycles. The molecule has 2 atom stereocenters. The molecule has 2 aromatic carbocycles. The van der Waals surface area contributed by atoms with Gasteiger partial charge in [-0.25, -0.2) is 0 Å². The zero-order valence-corrected chi connectivity index (χ0v) is 13.8. The number of halogens is 2. The second-order valence-corrected chi connectivity index (χ2v) is 5.48. The van der Waals surface area contributed by atoms with Crippen molar-refractivity contribution in [2.75, 3.05) is 14.3 Å². The van der Waals surface area contributed by atoms with Crippen molar-refractivity contribution in [3.8, 4) is 5.75 Å². The van der Waals surface area contributed by atoms with Gasteiger partial charge in [-0.05, 0) is 42.3 Å². The molecule has 0 fully saturated rings. The topological polar surface area (TPSA) is 61.3 Å². The smallest absolute Gasteiger partial charge is 0.118 e. The molecule has 0 bridgehead atoms. The van der Waals surface area contributed by atoms with E-state index in [1.807, 2.05) is 55.5 Å². The molecule has 3 nitrogen and oxygen atoms in total. The van der Waals surface area contributed by atoms with Gasteiger partial charge >= 0.3 is 0 Å². The molecular weight excluding hydrogens is 303 g/mol. The summed E-state index contributed by atoms with van der Waals surface area (Å²) in [5.74, 6) is 0.796. The third-order valence-corrected chi connectivity index (χ3v) is 3.84. The summed E-state index contributed by atoms with van der Waals surface area (Å²) in [6.45, 7) is 1.92. The highest BCUT2D eigenvalue weighted by Crippen LogP contribution is 2.32. The largest absolute Gasteiger partial charge is 0.497 e. The Labute approximate surface area is 136 Å². The molecule has 0 aromatic heterocycles. The van der Waals surface area contributed by atoms with Gasteiger partial charge in [-0.1, -0.05) is 35.9 Å². The van der Waals surface area contributed by atoms with Gasteiger partial charge in [-0.2, -0.15) is 0 Å². The highest BCUT2D eigenvalue weighted by molar-refractivity contribution is 6.30. The fraction of sp³-hybridized carbons (Fsp3) is 0.294. The van der Waals surface area contributed by atoms with E-state index in [1.54, 1.807) is 7.11 Å². The first-order valence-corrected chi connectivity index (χ1v) is 7.15. The summed E-state index contributed by atoms with van der Waals surface area (Å²) in [6, 6.07) is 14.8. The molecule has 0 aliphatic rings. The Bertz CT molecular complexity index is 570. The molecule has 4 N–H and O–H groups in total. The van der Waals surface area contributed by atoms with Gasteiger partial charge in [0, 0.05) is 5.02 Å². The maximum atomic E-state index is 9.50. The molecule has 2 unspecified atom stereocenters. The van der Waals surface area contributed by atoms with Crippen LogP contribution < -0.4 is 16.2 Å². The molecule has 0 aliphatic carbocycles. The molecule has 0 heterocycles. The molecule has 2 aromatic rings. The monoisotopic (exact) mass is 324 g/mol. The van der Waals surface area contributed by atoms with E-state index >= 15 is 0 Å². The lowest BCUT2D eigenvalue weighted by atomic mass is 9.82. The van der Waals surface area contributed by atoms with Crippen LogP contribution in [0, 0.1) is 0 Å². The zero-order chi connectivity index (χ0) is 16.8. The van der Waals surface area contributed by atoms with E-state index in [9.17, 15) is 4.39 Å². The van der Waals surface area contributed by atoms with Gasteiger partial charge in [0.2, 0.25) is 0 Å². The van der Waals surface area contributed by atoms with Crippen molar-refractivity contribution < 1.29 is 9.13 Å². The van der Waals surface area contributed by atoms with Crippen molar-refractivity contribution in [1.29, 1.82) is 0 Å². The van der Waals surface area contributed by atoms with Crippen LogP contribution in [-0.4, -0.2) is 14.3 Å². The van der Waals surface area contributed by atoms with Crippen LogP contribution in [-0.2, 0) is 5.54 Å². The molecular formula is C17H22ClFN2O. The molecule has 2 rings (SSSR count). The van der Waals surface area contributed by atoms with Crippen LogP contribution in [0.3, 0.4) is 0 Å². The quantitative estimate of drug-likeness (QED) is 0.899. The molecule has 0 radical (unpaired) electrons. The fourth-order valence-electron chi connectivity index (χ4n) is 2.15. The van der Waals surface area contributed by atoms with Gasteiger partial charge < -0.3 is 16.2 Å². The normalized spacial score (nSPS) is 14.3. The second kappa shape index (κ2) is 8.13. The second-order valence-electron chi connectivity index (χ2n) is 5.04. The van der Waals surface area contributed by atoms with Crippen LogP contribution in [0.1, 0.15) is 24.1 Å². The van der Waals surface area contributed by atoms with Crippen LogP contribution in [0.15, 0.2) is 48.5 Å². The Balaban J connectivity index is 0.00000116. The molecule has 0 spiro atoms. The van der Waals surface area contributed by atoms with E-state index in [0.717, 1.165) is 16.9 Å². The maximum Gasteiger partial charge on any atom is 0.118 e. The van der Waals surface area contributed by atoms with Crippen molar-refractivity contribution in [3.05, 3.63) is 64.7 Å². The summed E-state index contributed by atoms with van der Waals surface area (Å²) in [6.07, 6.45) is 0. The van der Waals surface area contributed by atoms with Crippen molar-refractivity contribution in [3.63, 3.8) is 0 Å². The number of benzene rings is 2. The maximum absolute atomic E-state index is 9.50. The summed E-state index contributed by atoms with van der Waals surface area (Å²) < 4.78 is 14.7. The molecule has 0 saturated carbocycles. The van der Waals surface area contributed by atoms with E-state index in [0.29, 0.717) is 12.2 Å². The van der Waals surface area contributed by atoms with Gasteiger partial charge in [0.15, 0.2) is 0 Å². The van der Waals surface area contributed by atoms with Crippen LogP contribution in [0.4, 0.5) is 4.39 Å². The minimum atomic E-state index is -0.680. The van der Waals surface area contributed by atoms with Crippen LogP contribution >= 0.6 is 11.6 Å². The first-order chi connectivity index (χ1) is 10.4. The van der Waals surface area contributed by atoms with Gasteiger partial charge in [0.05, 0.1) is 25.9 Å². The van der Waals surface area contributed by atoms with Crippen LogP contribution in [0.2, 0.25) is 5.02 Å². The first kappa shape index (κ1) is 18.4. The third kappa shape index (κ3) is 4.19. The predicted octanol–water partition coefficient (Wildman–Crippen LogP) is 3.81.